The molecule has 0 aliphatic rings. The normalized spacial score (nSPS) is 10.0. The SMILES string of the molecule is O=C(NCCOc1ccccc1)c1ccc([N+](=O)[O-])s1. The number of benzene rings is 1. The lowest BCUT2D eigenvalue weighted by atomic mass is 10.3. The Hall–Kier alpha value is -2.41. The van der Waals surface area contributed by atoms with Gasteiger partial charge in [-0.2, -0.15) is 0 Å². The first-order valence-corrected chi connectivity index (χ1v) is 6.69. The van der Waals surface area contributed by atoms with Gasteiger partial charge in [-0.3, -0.25) is 14.9 Å². The van der Waals surface area contributed by atoms with Gasteiger partial charge >= 0.3 is 5.00 Å². The lowest BCUT2D eigenvalue weighted by Crippen LogP contribution is -2.27. The quantitative estimate of drug-likeness (QED) is 0.504. The number of nitro groups is 1. The first kappa shape index (κ1) is 14.0. The molecule has 0 saturated heterocycles. The van der Waals surface area contributed by atoms with Gasteiger partial charge in [0.25, 0.3) is 5.91 Å². The highest BCUT2D eigenvalue weighted by molar-refractivity contribution is 7.17. The molecule has 1 aromatic heterocycles. The average Bonchev–Trinajstić information content (AvgIpc) is 2.94. The molecule has 0 saturated carbocycles. The van der Waals surface area contributed by atoms with E-state index in [0.29, 0.717) is 18.0 Å². The molecule has 1 N–H and O–H groups in total. The Kier molecular flexibility index (Phi) is 4.67. The number of hydrogen-bond donors (Lipinski definition) is 1. The van der Waals surface area contributed by atoms with Gasteiger partial charge < -0.3 is 10.1 Å². The molecule has 0 aliphatic carbocycles. The second-order valence-electron chi connectivity index (χ2n) is 3.81. The summed E-state index contributed by atoms with van der Waals surface area (Å²) in [6.07, 6.45) is 0. The highest BCUT2D eigenvalue weighted by atomic mass is 32.1. The fraction of sp³-hybridized carbons (Fsp3) is 0.154. The fourth-order valence-electron chi connectivity index (χ4n) is 1.49. The van der Waals surface area contributed by atoms with Crippen molar-refractivity contribution in [2.24, 2.45) is 0 Å². The predicted molar refractivity (Wildman–Crippen MR) is 75.2 cm³/mol. The summed E-state index contributed by atoms with van der Waals surface area (Å²) in [5.41, 5.74) is 0. The van der Waals surface area contributed by atoms with Crippen LogP contribution in [0, 0.1) is 10.1 Å². The summed E-state index contributed by atoms with van der Waals surface area (Å²) >= 11 is 0.852. The smallest absolute Gasteiger partial charge is 0.324 e. The van der Waals surface area contributed by atoms with E-state index in [1.54, 1.807) is 0 Å². The van der Waals surface area contributed by atoms with E-state index in [4.69, 9.17) is 4.74 Å². The van der Waals surface area contributed by atoms with Crippen molar-refractivity contribution < 1.29 is 14.5 Å². The van der Waals surface area contributed by atoms with E-state index in [-0.39, 0.29) is 10.9 Å². The van der Waals surface area contributed by atoms with Crippen LogP contribution in [0.3, 0.4) is 0 Å². The molecule has 0 radical (unpaired) electrons. The van der Waals surface area contributed by atoms with Gasteiger partial charge in [-0.25, -0.2) is 0 Å². The molecule has 0 bridgehead atoms. The summed E-state index contributed by atoms with van der Waals surface area (Å²) in [7, 11) is 0. The summed E-state index contributed by atoms with van der Waals surface area (Å²) in [4.78, 5) is 22.0. The lowest BCUT2D eigenvalue weighted by molar-refractivity contribution is -0.380. The van der Waals surface area contributed by atoms with Crippen LogP contribution in [0.1, 0.15) is 9.67 Å². The number of hydrogen-bond acceptors (Lipinski definition) is 5. The van der Waals surface area contributed by atoms with Crippen molar-refractivity contribution in [3.05, 3.63) is 57.5 Å². The summed E-state index contributed by atoms with van der Waals surface area (Å²) in [5.74, 6) is 0.397. The standard InChI is InChI=1S/C13H12N2O4S/c16-13(11-6-7-12(20-11)15(17)18)14-8-9-19-10-4-2-1-3-5-10/h1-7H,8-9H2,(H,14,16). The number of nitrogens with one attached hydrogen (secondary N) is 1. The van der Waals surface area contributed by atoms with E-state index in [1.807, 2.05) is 30.3 Å². The van der Waals surface area contributed by atoms with Gasteiger partial charge in [0.15, 0.2) is 0 Å². The maximum atomic E-state index is 11.7. The zero-order chi connectivity index (χ0) is 14.4. The average molecular weight is 292 g/mol. The van der Waals surface area contributed by atoms with Crippen molar-refractivity contribution in [1.82, 2.24) is 5.32 Å². The summed E-state index contributed by atoms with van der Waals surface area (Å²) in [6, 6.07) is 12.0. The lowest BCUT2D eigenvalue weighted by Gasteiger charge is -2.06. The van der Waals surface area contributed by atoms with Gasteiger partial charge in [0.1, 0.15) is 12.4 Å². The third kappa shape index (κ3) is 3.79. The van der Waals surface area contributed by atoms with Crippen molar-refractivity contribution in [3.63, 3.8) is 0 Å². The minimum absolute atomic E-state index is 0.0457. The van der Waals surface area contributed by atoms with Crippen LogP contribution in [0.25, 0.3) is 0 Å². The van der Waals surface area contributed by atoms with Crippen molar-refractivity contribution in [3.8, 4) is 5.75 Å². The highest BCUT2D eigenvalue weighted by Crippen LogP contribution is 2.23. The van der Waals surface area contributed by atoms with Gasteiger partial charge in [0.2, 0.25) is 0 Å². The molecule has 2 rings (SSSR count). The van der Waals surface area contributed by atoms with E-state index in [2.05, 4.69) is 5.32 Å². The Balaban J connectivity index is 1.76. The van der Waals surface area contributed by atoms with Crippen LogP contribution >= 0.6 is 11.3 Å². The van der Waals surface area contributed by atoms with Crippen molar-refractivity contribution >= 4 is 22.2 Å². The number of para-hydroxylation sites is 1. The molecule has 7 heteroatoms. The minimum atomic E-state index is -0.514. The molecule has 20 heavy (non-hydrogen) atoms. The zero-order valence-corrected chi connectivity index (χ0v) is 11.3. The van der Waals surface area contributed by atoms with E-state index < -0.39 is 4.92 Å². The van der Waals surface area contributed by atoms with E-state index in [9.17, 15) is 14.9 Å². The molecule has 104 valence electrons. The number of carbonyl (C=O) groups is 1. The van der Waals surface area contributed by atoms with E-state index >= 15 is 0 Å². The van der Waals surface area contributed by atoms with E-state index in [1.165, 1.54) is 12.1 Å². The third-order valence-corrected chi connectivity index (χ3v) is 3.43. The van der Waals surface area contributed by atoms with Gasteiger partial charge in [-0.15, -0.1) is 0 Å². The Bertz CT molecular complexity index is 597. The fourth-order valence-corrected chi connectivity index (χ4v) is 2.22. The Morgan fingerprint density at radius 2 is 2.00 bits per heavy atom. The summed E-state index contributed by atoms with van der Waals surface area (Å²) in [6.45, 7) is 0.669. The van der Waals surface area contributed by atoms with Crippen LogP contribution < -0.4 is 10.1 Å². The Labute approximate surface area is 119 Å². The van der Waals surface area contributed by atoms with Gasteiger partial charge in [-0.1, -0.05) is 29.5 Å². The molecule has 2 aromatic rings. The van der Waals surface area contributed by atoms with E-state index in [0.717, 1.165) is 17.1 Å². The van der Waals surface area contributed by atoms with Crippen LogP contribution in [0.4, 0.5) is 5.00 Å². The molecule has 0 spiro atoms. The summed E-state index contributed by atoms with van der Waals surface area (Å²) < 4.78 is 5.42. The second kappa shape index (κ2) is 6.67. The second-order valence-corrected chi connectivity index (χ2v) is 4.87. The van der Waals surface area contributed by atoms with Crippen LogP contribution in [0.15, 0.2) is 42.5 Å². The molecule has 6 nitrogen and oxygen atoms in total. The van der Waals surface area contributed by atoms with Crippen LogP contribution in [-0.4, -0.2) is 24.0 Å². The molecular weight excluding hydrogens is 280 g/mol. The molecule has 0 unspecified atom stereocenters. The highest BCUT2D eigenvalue weighted by Gasteiger charge is 2.14. The number of nitrogens with zero attached hydrogens (tertiary/aromatic N) is 1. The number of amides is 1. The molecule has 1 heterocycles. The predicted octanol–water partition coefficient (Wildman–Crippen LogP) is 2.47. The molecule has 1 amide bonds. The number of thiophene rings is 1. The first-order valence-electron chi connectivity index (χ1n) is 5.87. The van der Waals surface area contributed by atoms with Gasteiger partial charge in [0.05, 0.1) is 16.3 Å². The van der Waals surface area contributed by atoms with Crippen molar-refractivity contribution in [1.29, 1.82) is 0 Å². The molecule has 0 fully saturated rings. The maximum Gasteiger partial charge on any atom is 0.324 e. The zero-order valence-electron chi connectivity index (χ0n) is 10.4. The molecule has 1 aromatic carbocycles. The molecule has 0 atom stereocenters. The van der Waals surface area contributed by atoms with Crippen LogP contribution in [0.2, 0.25) is 0 Å². The van der Waals surface area contributed by atoms with Gasteiger partial charge in [-0.05, 0) is 18.2 Å². The number of carbonyl (C=O) groups excluding carboxylic acids is 1. The maximum absolute atomic E-state index is 11.7. The first-order chi connectivity index (χ1) is 9.66. The van der Waals surface area contributed by atoms with Crippen molar-refractivity contribution in [2.45, 2.75) is 0 Å². The Morgan fingerprint density at radius 1 is 1.25 bits per heavy atom. The molecular formula is C13H12N2O4S. The number of rotatable bonds is 6. The third-order valence-electron chi connectivity index (χ3n) is 2.40. The van der Waals surface area contributed by atoms with Gasteiger partial charge in [0, 0.05) is 6.07 Å². The molecule has 0 aliphatic heterocycles. The monoisotopic (exact) mass is 292 g/mol. The Morgan fingerprint density at radius 3 is 2.65 bits per heavy atom. The number of ether oxygens (including phenoxy) is 1. The van der Waals surface area contributed by atoms with Crippen molar-refractivity contribution in [2.75, 3.05) is 13.2 Å². The largest absolute Gasteiger partial charge is 0.492 e. The topological polar surface area (TPSA) is 81.5 Å². The van der Waals surface area contributed by atoms with Crippen LogP contribution in [-0.2, 0) is 0 Å². The minimum Gasteiger partial charge on any atom is -0.492 e. The summed E-state index contributed by atoms with van der Waals surface area (Å²) in [5, 5.41) is 13.1. The van der Waals surface area contributed by atoms with Crippen LogP contribution in [0.5, 0.6) is 5.75 Å².